The van der Waals surface area contributed by atoms with Gasteiger partial charge in [-0.05, 0) is 31.9 Å². The molecule has 0 atom stereocenters. The van der Waals surface area contributed by atoms with Gasteiger partial charge in [0.1, 0.15) is 9.21 Å². The lowest BCUT2D eigenvalue weighted by Crippen LogP contribution is -2.34. The van der Waals surface area contributed by atoms with Crippen LogP contribution in [-0.4, -0.2) is 12.2 Å². The van der Waals surface area contributed by atoms with Crippen molar-refractivity contribution in [3.63, 3.8) is 0 Å². The zero-order valence-corrected chi connectivity index (χ0v) is 7.38. The van der Waals surface area contributed by atoms with E-state index in [4.69, 9.17) is 0 Å². The van der Waals surface area contributed by atoms with Crippen molar-refractivity contribution in [1.82, 2.24) is 16.0 Å². The van der Waals surface area contributed by atoms with Gasteiger partial charge in [-0.1, -0.05) is 0 Å². The molecule has 0 fully saturated rings. The van der Waals surface area contributed by atoms with Crippen molar-refractivity contribution in [2.24, 2.45) is 0 Å². The number of nitrogens with one attached hydrogen (secondary N) is 2. The predicted octanol–water partition coefficient (Wildman–Crippen LogP) is 0.857. The molecule has 0 aromatic heterocycles. The van der Waals surface area contributed by atoms with Crippen LogP contribution in [0.1, 0.15) is 0 Å². The Morgan fingerprint density at radius 2 is 1.62 bits per heavy atom. The minimum atomic E-state index is 0.917. The second-order valence-corrected chi connectivity index (χ2v) is 3.00. The molecular formula is C3H5Br2N3. The number of nitrogens with zero attached hydrogens (tertiary/aromatic N) is 1. The van der Waals surface area contributed by atoms with E-state index in [0.29, 0.717) is 0 Å². The Labute approximate surface area is 64.3 Å². The first-order chi connectivity index (χ1) is 3.70. The van der Waals surface area contributed by atoms with Crippen molar-refractivity contribution in [2.75, 3.05) is 7.05 Å². The molecule has 0 spiro atoms. The third-order valence-electron chi connectivity index (χ3n) is 0.724. The number of hydrogen-bond acceptors (Lipinski definition) is 3. The van der Waals surface area contributed by atoms with Gasteiger partial charge in [0.2, 0.25) is 0 Å². The largest absolute Gasteiger partial charge is 0.293 e. The summed E-state index contributed by atoms with van der Waals surface area (Å²) in [6, 6.07) is 0. The van der Waals surface area contributed by atoms with Crippen LogP contribution in [0.15, 0.2) is 9.21 Å². The van der Waals surface area contributed by atoms with E-state index in [-0.39, 0.29) is 0 Å². The lowest BCUT2D eigenvalue weighted by Gasteiger charge is -2.07. The Morgan fingerprint density at radius 3 is 1.75 bits per heavy atom. The normalized spacial score (nSPS) is 20.9. The fourth-order valence-electron chi connectivity index (χ4n) is 0.421. The molecule has 1 rings (SSSR count). The van der Waals surface area contributed by atoms with Crippen LogP contribution in [-0.2, 0) is 0 Å². The van der Waals surface area contributed by atoms with E-state index in [2.05, 4.69) is 42.7 Å². The molecule has 5 heteroatoms. The first kappa shape index (κ1) is 6.38. The maximum atomic E-state index is 3.26. The molecule has 0 saturated heterocycles. The minimum absolute atomic E-state index is 0.917. The molecular weight excluding hydrogens is 238 g/mol. The molecule has 0 aliphatic carbocycles. The van der Waals surface area contributed by atoms with Crippen LogP contribution in [0.25, 0.3) is 0 Å². The van der Waals surface area contributed by atoms with E-state index in [0.717, 1.165) is 9.21 Å². The van der Waals surface area contributed by atoms with Crippen molar-refractivity contribution in [3.05, 3.63) is 9.21 Å². The van der Waals surface area contributed by atoms with Crippen LogP contribution < -0.4 is 10.9 Å². The standard InChI is InChI=1S/C3H5Br2N3/c1-8-6-2(4)3(5)7-8/h6-7H,1H3. The highest BCUT2D eigenvalue weighted by atomic mass is 79.9. The van der Waals surface area contributed by atoms with Gasteiger partial charge in [0, 0.05) is 7.05 Å². The lowest BCUT2D eigenvalue weighted by molar-refractivity contribution is 0.244. The second kappa shape index (κ2) is 2.24. The Kier molecular flexibility index (Phi) is 1.79. The van der Waals surface area contributed by atoms with Crippen LogP contribution >= 0.6 is 31.9 Å². The van der Waals surface area contributed by atoms with Crippen molar-refractivity contribution >= 4 is 31.9 Å². The van der Waals surface area contributed by atoms with Crippen LogP contribution in [0.5, 0.6) is 0 Å². The summed E-state index contributed by atoms with van der Waals surface area (Å²) in [6.45, 7) is 0. The van der Waals surface area contributed by atoms with Gasteiger partial charge >= 0.3 is 0 Å². The number of hydrazine groups is 2. The molecule has 2 N–H and O–H groups in total. The van der Waals surface area contributed by atoms with Crippen molar-refractivity contribution in [2.45, 2.75) is 0 Å². The molecule has 1 heterocycles. The van der Waals surface area contributed by atoms with E-state index >= 15 is 0 Å². The van der Waals surface area contributed by atoms with E-state index in [1.54, 1.807) is 5.12 Å². The maximum absolute atomic E-state index is 3.26. The van der Waals surface area contributed by atoms with Gasteiger partial charge in [-0.15, -0.1) is 5.12 Å². The molecule has 0 aromatic rings. The molecule has 46 valence electrons. The first-order valence-corrected chi connectivity index (χ1v) is 3.61. The number of hydrogen-bond donors (Lipinski definition) is 2. The third kappa shape index (κ3) is 1.15. The molecule has 8 heavy (non-hydrogen) atoms. The summed E-state index contributed by atoms with van der Waals surface area (Å²) in [5.41, 5.74) is 5.88. The molecule has 0 radical (unpaired) electrons. The van der Waals surface area contributed by atoms with Crippen LogP contribution in [0, 0.1) is 0 Å². The molecule has 0 saturated carbocycles. The zero-order valence-electron chi connectivity index (χ0n) is 4.20. The van der Waals surface area contributed by atoms with Gasteiger partial charge < -0.3 is 0 Å². The van der Waals surface area contributed by atoms with Gasteiger partial charge in [-0.2, -0.15) is 0 Å². The van der Waals surface area contributed by atoms with Crippen LogP contribution in [0.4, 0.5) is 0 Å². The maximum Gasteiger partial charge on any atom is 0.126 e. The fraction of sp³-hybridized carbons (Fsp3) is 0.333. The molecule has 1 aliphatic heterocycles. The first-order valence-electron chi connectivity index (χ1n) is 2.02. The van der Waals surface area contributed by atoms with Crippen LogP contribution in [0.3, 0.4) is 0 Å². The predicted molar refractivity (Wildman–Crippen MR) is 38.9 cm³/mol. The summed E-state index contributed by atoms with van der Waals surface area (Å²) < 4.78 is 1.83. The van der Waals surface area contributed by atoms with Gasteiger partial charge in [-0.3, -0.25) is 10.9 Å². The Hall–Kier alpha value is 0.260. The molecule has 3 nitrogen and oxygen atoms in total. The van der Waals surface area contributed by atoms with E-state index in [1.165, 1.54) is 0 Å². The highest BCUT2D eigenvalue weighted by Gasteiger charge is 2.10. The van der Waals surface area contributed by atoms with Gasteiger partial charge in [0.15, 0.2) is 0 Å². The topological polar surface area (TPSA) is 27.3 Å². The molecule has 0 aromatic carbocycles. The summed E-state index contributed by atoms with van der Waals surface area (Å²) >= 11 is 6.52. The molecule has 0 bridgehead atoms. The highest BCUT2D eigenvalue weighted by molar-refractivity contribution is 9.14. The second-order valence-electron chi connectivity index (χ2n) is 1.41. The quantitative estimate of drug-likeness (QED) is 0.617. The van der Waals surface area contributed by atoms with Crippen molar-refractivity contribution in [3.8, 4) is 0 Å². The fourth-order valence-corrected chi connectivity index (χ4v) is 1.13. The molecule has 0 unspecified atom stereocenters. The van der Waals surface area contributed by atoms with E-state index in [9.17, 15) is 0 Å². The lowest BCUT2D eigenvalue weighted by atomic mass is 11.0. The van der Waals surface area contributed by atoms with Gasteiger partial charge in [-0.25, -0.2) is 0 Å². The monoisotopic (exact) mass is 241 g/mol. The summed E-state index contributed by atoms with van der Waals surface area (Å²) in [6.07, 6.45) is 0. The van der Waals surface area contributed by atoms with Gasteiger partial charge in [0.05, 0.1) is 0 Å². The zero-order chi connectivity index (χ0) is 6.15. The Morgan fingerprint density at radius 1 is 1.25 bits per heavy atom. The average Bonchev–Trinajstić information content (AvgIpc) is 1.85. The molecule has 0 amide bonds. The minimum Gasteiger partial charge on any atom is -0.293 e. The number of halogens is 2. The molecule has 1 aliphatic rings. The average molecular weight is 243 g/mol. The Balaban J connectivity index is 2.60. The summed E-state index contributed by atoms with van der Waals surface area (Å²) in [5, 5.41) is 1.73. The van der Waals surface area contributed by atoms with E-state index in [1.807, 2.05) is 7.05 Å². The summed E-state index contributed by atoms with van der Waals surface area (Å²) in [7, 11) is 1.87. The van der Waals surface area contributed by atoms with Crippen molar-refractivity contribution < 1.29 is 0 Å². The van der Waals surface area contributed by atoms with Gasteiger partial charge in [0.25, 0.3) is 0 Å². The SMILES string of the molecule is CN1NC(Br)=C(Br)N1. The summed E-state index contributed by atoms with van der Waals surface area (Å²) in [5.74, 6) is 0. The summed E-state index contributed by atoms with van der Waals surface area (Å²) in [4.78, 5) is 0. The van der Waals surface area contributed by atoms with Crippen LogP contribution in [0.2, 0.25) is 0 Å². The van der Waals surface area contributed by atoms with E-state index < -0.39 is 0 Å². The third-order valence-corrected chi connectivity index (χ3v) is 2.40. The Bertz CT molecular complexity index is 118. The number of rotatable bonds is 0. The smallest absolute Gasteiger partial charge is 0.126 e. The highest BCUT2D eigenvalue weighted by Crippen LogP contribution is 2.16. The van der Waals surface area contributed by atoms with Crippen molar-refractivity contribution in [1.29, 1.82) is 0 Å².